The molecule has 3 N–H and O–H groups in total. The van der Waals surface area contributed by atoms with Crippen LogP contribution in [0.15, 0.2) is 42.5 Å². The van der Waals surface area contributed by atoms with Crippen LogP contribution in [0, 0.1) is 0 Å². The highest BCUT2D eigenvalue weighted by atomic mass is 19.4. The smallest absolute Gasteiger partial charge is 0.490 e. The molecule has 41 heavy (non-hydrogen) atoms. The third-order valence-electron chi connectivity index (χ3n) is 7.73. The number of carbonyl (C=O) groups excluding carboxylic acids is 2. The van der Waals surface area contributed by atoms with E-state index in [2.05, 4.69) is 16.4 Å². The minimum Gasteiger partial charge on any atom is -0.493 e. The van der Waals surface area contributed by atoms with Gasteiger partial charge in [-0.1, -0.05) is 24.3 Å². The molecule has 3 aromatic rings. The van der Waals surface area contributed by atoms with Gasteiger partial charge in [0.15, 0.2) is 11.5 Å². The number of hydrogen-bond acceptors (Lipinski definition) is 6. The molecule has 2 aromatic carbocycles. The van der Waals surface area contributed by atoms with E-state index in [1.54, 1.807) is 24.0 Å². The maximum Gasteiger partial charge on any atom is 0.490 e. The average molecular weight is 575 g/mol. The van der Waals surface area contributed by atoms with Crippen LogP contribution in [-0.4, -0.2) is 89.8 Å². The molecule has 0 spiro atoms. The van der Waals surface area contributed by atoms with Crippen molar-refractivity contribution in [3.63, 3.8) is 0 Å². The van der Waals surface area contributed by atoms with E-state index < -0.39 is 24.2 Å². The fraction of sp³-hybridized carbons (Fsp3) is 0.393. The van der Waals surface area contributed by atoms with Gasteiger partial charge in [0, 0.05) is 35.6 Å². The van der Waals surface area contributed by atoms with Crippen molar-refractivity contribution < 1.29 is 42.1 Å². The van der Waals surface area contributed by atoms with Gasteiger partial charge in [0.2, 0.25) is 11.8 Å². The van der Waals surface area contributed by atoms with E-state index in [4.69, 9.17) is 19.4 Å². The van der Waals surface area contributed by atoms with E-state index in [0.29, 0.717) is 17.9 Å². The second-order valence-corrected chi connectivity index (χ2v) is 10.0. The van der Waals surface area contributed by atoms with E-state index in [1.165, 1.54) is 0 Å². The number of amides is 2. The number of carbonyl (C=O) groups is 3. The average Bonchev–Trinajstić information content (AvgIpc) is 3.62. The first-order chi connectivity index (χ1) is 19.5. The van der Waals surface area contributed by atoms with Crippen LogP contribution < -0.4 is 14.8 Å². The van der Waals surface area contributed by atoms with Crippen molar-refractivity contribution in [3.05, 3.63) is 59.3 Å². The fourth-order valence-corrected chi connectivity index (χ4v) is 5.87. The number of carboxylic acids is 1. The Bertz CT molecular complexity index is 1480. The predicted octanol–water partition coefficient (Wildman–Crippen LogP) is 2.87. The maximum absolute atomic E-state index is 13.8. The molecule has 2 amide bonds. The van der Waals surface area contributed by atoms with Gasteiger partial charge in [-0.3, -0.25) is 9.59 Å². The molecule has 13 heteroatoms. The molecule has 6 rings (SSSR count). The minimum atomic E-state index is -5.08. The first-order valence-electron chi connectivity index (χ1n) is 13.0. The monoisotopic (exact) mass is 574 g/mol. The van der Waals surface area contributed by atoms with Crippen molar-refractivity contribution in [2.75, 3.05) is 33.9 Å². The van der Waals surface area contributed by atoms with Crippen LogP contribution in [0.1, 0.15) is 29.3 Å². The van der Waals surface area contributed by atoms with Crippen LogP contribution in [0.5, 0.6) is 11.5 Å². The minimum absolute atomic E-state index is 0.0272. The molecule has 0 aliphatic carbocycles. The third kappa shape index (κ3) is 5.17. The van der Waals surface area contributed by atoms with Gasteiger partial charge in [-0.15, -0.1) is 0 Å². The van der Waals surface area contributed by atoms with Crippen LogP contribution in [-0.2, 0) is 20.8 Å². The number of para-hydroxylation sites is 1. The van der Waals surface area contributed by atoms with Gasteiger partial charge in [-0.2, -0.15) is 13.2 Å². The first-order valence-corrected chi connectivity index (χ1v) is 13.0. The topological polar surface area (TPSA) is 124 Å². The lowest BCUT2D eigenvalue weighted by Gasteiger charge is -2.48. The molecule has 2 saturated heterocycles. The lowest BCUT2D eigenvalue weighted by molar-refractivity contribution is -0.192. The highest BCUT2D eigenvalue weighted by Gasteiger charge is 2.49. The molecule has 1 aromatic heterocycles. The Morgan fingerprint density at radius 1 is 1.07 bits per heavy atom. The van der Waals surface area contributed by atoms with Crippen molar-refractivity contribution in [1.82, 2.24) is 20.1 Å². The molecular weight excluding hydrogens is 545 g/mol. The number of methoxy groups -OCH3 is 2. The molecule has 0 unspecified atom stereocenters. The van der Waals surface area contributed by atoms with E-state index in [-0.39, 0.29) is 24.4 Å². The first kappa shape index (κ1) is 28.3. The molecular formula is C28H29F3N4O6. The molecule has 3 aliphatic heterocycles. The summed E-state index contributed by atoms with van der Waals surface area (Å²) < 4.78 is 42.7. The predicted molar refractivity (Wildman–Crippen MR) is 141 cm³/mol. The standard InChI is InChI=1S/C26H28N4O4.C2HF3O2/c1-33-21-8-7-15(11-22(21)34-2)25-24-18(17-5-3-4-6-19(17)28-24)12-20-26(32)29(14-23(31)30(20)25)16-9-10-27-13-16;3-2(4,5)1(6)7/h3-8,11,16,20,25,27-28H,9-10,12-14H2,1-2H3;(H,6,7)/t16-,20-,25-;/m1./s1. The quantitative estimate of drug-likeness (QED) is 0.438. The maximum atomic E-state index is 13.8. The number of H-pyrrole nitrogens is 1. The number of fused-ring (bicyclic) bond motifs is 4. The molecule has 0 saturated carbocycles. The Kier molecular flexibility index (Phi) is 7.56. The van der Waals surface area contributed by atoms with Gasteiger partial charge in [0.25, 0.3) is 0 Å². The highest BCUT2D eigenvalue weighted by molar-refractivity contribution is 5.98. The number of nitrogens with zero attached hydrogens (tertiary/aromatic N) is 2. The third-order valence-corrected chi connectivity index (χ3v) is 7.73. The number of alkyl halides is 3. The molecule has 2 fully saturated rings. The zero-order chi connectivity index (χ0) is 29.5. The molecule has 3 aliphatic rings. The fourth-order valence-electron chi connectivity index (χ4n) is 5.87. The Balaban J connectivity index is 0.000000431. The summed E-state index contributed by atoms with van der Waals surface area (Å²) >= 11 is 0. The Labute approximate surface area is 233 Å². The summed E-state index contributed by atoms with van der Waals surface area (Å²) in [5.74, 6) is -1.53. The van der Waals surface area contributed by atoms with Gasteiger partial charge < -0.3 is 34.7 Å². The molecule has 218 valence electrons. The summed E-state index contributed by atoms with van der Waals surface area (Å²) in [5, 5.41) is 11.5. The second-order valence-electron chi connectivity index (χ2n) is 10.0. The SMILES string of the molecule is COc1ccc([C@@H]2c3[nH]c4ccccc4c3C[C@@H]3C(=O)N([C@@H]4CCNC4)CC(=O)N23)cc1OC.O=C(O)C(F)(F)F. The van der Waals surface area contributed by atoms with Crippen LogP contribution >= 0.6 is 0 Å². The largest absolute Gasteiger partial charge is 0.493 e. The summed E-state index contributed by atoms with van der Waals surface area (Å²) in [6, 6.07) is 13.0. The molecule has 10 nitrogen and oxygen atoms in total. The summed E-state index contributed by atoms with van der Waals surface area (Å²) in [5.41, 5.74) is 3.95. The number of rotatable bonds is 4. The van der Waals surface area contributed by atoms with Crippen LogP contribution in [0.2, 0.25) is 0 Å². The lowest BCUT2D eigenvalue weighted by Crippen LogP contribution is -2.65. The molecule has 0 radical (unpaired) electrons. The number of aromatic amines is 1. The zero-order valence-electron chi connectivity index (χ0n) is 22.3. The Hall–Kier alpha value is -4.26. The molecule has 3 atom stereocenters. The number of halogens is 3. The number of piperazine rings is 1. The van der Waals surface area contributed by atoms with Crippen LogP contribution in [0.25, 0.3) is 10.9 Å². The number of nitrogens with one attached hydrogen (secondary N) is 2. The van der Waals surface area contributed by atoms with Crippen LogP contribution in [0.3, 0.4) is 0 Å². The van der Waals surface area contributed by atoms with Crippen molar-refractivity contribution in [1.29, 1.82) is 0 Å². The Morgan fingerprint density at radius 3 is 2.41 bits per heavy atom. The number of aromatic nitrogens is 1. The molecule has 4 heterocycles. The van der Waals surface area contributed by atoms with E-state index in [0.717, 1.165) is 47.2 Å². The van der Waals surface area contributed by atoms with Gasteiger partial charge in [-0.25, -0.2) is 4.79 Å². The summed E-state index contributed by atoms with van der Waals surface area (Å²) in [4.78, 5) is 43.5. The molecule has 0 bridgehead atoms. The summed E-state index contributed by atoms with van der Waals surface area (Å²) in [7, 11) is 3.20. The summed E-state index contributed by atoms with van der Waals surface area (Å²) in [6.45, 7) is 1.72. The summed E-state index contributed by atoms with van der Waals surface area (Å²) in [6.07, 6.45) is -3.70. The van der Waals surface area contributed by atoms with Crippen molar-refractivity contribution >= 4 is 28.7 Å². The second kappa shape index (κ2) is 11.0. The van der Waals surface area contributed by atoms with Crippen molar-refractivity contribution in [3.8, 4) is 11.5 Å². The van der Waals surface area contributed by atoms with E-state index in [1.807, 2.05) is 36.4 Å². The van der Waals surface area contributed by atoms with Crippen molar-refractivity contribution in [2.45, 2.75) is 37.1 Å². The van der Waals surface area contributed by atoms with Gasteiger partial charge in [-0.05, 0) is 42.3 Å². The lowest BCUT2D eigenvalue weighted by atomic mass is 9.85. The van der Waals surface area contributed by atoms with Crippen LogP contribution in [0.4, 0.5) is 13.2 Å². The van der Waals surface area contributed by atoms with Gasteiger partial charge >= 0.3 is 12.1 Å². The Morgan fingerprint density at radius 2 is 1.78 bits per heavy atom. The van der Waals surface area contributed by atoms with Gasteiger partial charge in [0.1, 0.15) is 12.6 Å². The van der Waals surface area contributed by atoms with Gasteiger partial charge in [0.05, 0.1) is 20.3 Å². The number of carboxylic acid groups (broad SMARTS) is 1. The number of ether oxygens (including phenoxy) is 2. The number of benzene rings is 2. The highest BCUT2D eigenvalue weighted by Crippen LogP contribution is 2.44. The van der Waals surface area contributed by atoms with Crippen molar-refractivity contribution in [2.24, 2.45) is 0 Å². The van der Waals surface area contributed by atoms with E-state index in [9.17, 15) is 22.8 Å². The zero-order valence-corrected chi connectivity index (χ0v) is 22.3. The number of aliphatic carboxylic acids is 1. The number of hydrogen-bond donors (Lipinski definition) is 3. The van der Waals surface area contributed by atoms with E-state index >= 15 is 0 Å². The normalized spacial score (nSPS) is 22.1.